The summed E-state index contributed by atoms with van der Waals surface area (Å²) in [6.07, 6.45) is 0.867. The Kier molecular flexibility index (Phi) is 9.25. The first-order valence-corrected chi connectivity index (χ1v) is 12.3. The minimum Gasteiger partial charge on any atom is -0.480 e. The highest BCUT2D eigenvalue weighted by Gasteiger charge is 2.30. The van der Waals surface area contributed by atoms with Crippen LogP contribution in [-0.2, 0) is 10.2 Å². The van der Waals surface area contributed by atoms with E-state index in [4.69, 9.17) is 0 Å². The van der Waals surface area contributed by atoms with Gasteiger partial charge in [-0.15, -0.1) is 0 Å². The lowest BCUT2D eigenvalue weighted by Crippen LogP contribution is -2.49. The van der Waals surface area contributed by atoms with Gasteiger partial charge in [0.1, 0.15) is 12.3 Å². The van der Waals surface area contributed by atoms with Gasteiger partial charge in [0.2, 0.25) is 0 Å². The third-order valence-corrected chi connectivity index (χ3v) is 6.46. The number of rotatable bonds is 6. The van der Waals surface area contributed by atoms with E-state index in [0.717, 1.165) is 49.3 Å². The van der Waals surface area contributed by atoms with Crippen molar-refractivity contribution < 1.29 is 14.7 Å². The van der Waals surface area contributed by atoms with Gasteiger partial charge < -0.3 is 15.3 Å². The molecular weight excluding hydrogens is 450 g/mol. The summed E-state index contributed by atoms with van der Waals surface area (Å²) in [5.41, 5.74) is 5.28. The second-order valence-corrected chi connectivity index (χ2v) is 9.96. The molecule has 0 bridgehead atoms. The van der Waals surface area contributed by atoms with Crippen LogP contribution in [0.2, 0.25) is 0 Å². The van der Waals surface area contributed by atoms with Crippen molar-refractivity contribution in [3.8, 4) is 0 Å². The van der Waals surface area contributed by atoms with Crippen LogP contribution in [0, 0.1) is 0 Å². The minimum atomic E-state index is -0.784. The van der Waals surface area contributed by atoms with Crippen LogP contribution in [0.1, 0.15) is 48.3 Å². The lowest BCUT2D eigenvalue weighted by Gasteiger charge is -2.39. The number of carboxylic acids is 1. The molecule has 1 atom stereocenters. The van der Waals surface area contributed by atoms with Gasteiger partial charge in [-0.05, 0) is 40.8 Å². The largest absolute Gasteiger partial charge is 0.480 e. The summed E-state index contributed by atoms with van der Waals surface area (Å²) in [6.45, 7) is 9.60. The minimum absolute atomic E-state index is 0.168. The van der Waals surface area contributed by atoms with Crippen molar-refractivity contribution >= 4 is 23.6 Å². The SMILES string of the molecule is CC(C)(C)c1ccc(C=O)cc1.CNc1ccc(N2CCN(C(C(=O)O)c3ccccc3)CC2)cc1. The van der Waals surface area contributed by atoms with E-state index in [1.165, 1.54) is 11.3 Å². The molecule has 3 aromatic carbocycles. The molecule has 0 amide bonds. The Labute approximate surface area is 214 Å². The lowest BCUT2D eigenvalue weighted by molar-refractivity contribution is -0.143. The monoisotopic (exact) mass is 487 g/mol. The van der Waals surface area contributed by atoms with Gasteiger partial charge in [-0.3, -0.25) is 14.5 Å². The van der Waals surface area contributed by atoms with Gasteiger partial charge in [0.25, 0.3) is 0 Å². The molecule has 0 aromatic heterocycles. The maximum Gasteiger partial charge on any atom is 0.325 e. The normalized spacial score (nSPS) is 14.8. The van der Waals surface area contributed by atoms with Crippen LogP contribution < -0.4 is 10.2 Å². The van der Waals surface area contributed by atoms with Gasteiger partial charge in [0.15, 0.2) is 0 Å². The summed E-state index contributed by atoms with van der Waals surface area (Å²) in [4.78, 5) is 26.5. The molecular formula is C30H37N3O3. The van der Waals surface area contributed by atoms with Crippen LogP contribution in [0.25, 0.3) is 0 Å². The Bertz CT molecular complexity index is 1100. The third-order valence-electron chi connectivity index (χ3n) is 6.46. The molecule has 1 saturated heterocycles. The fourth-order valence-electron chi connectivity index (χ4n) is 4.28. The second-order valence-electron chi connectivity index (χ2n) is 9.96. The summed E-state index contributed by atoms with van der Waals surface area (Å²) >= 11 is 0. The molecule has 0 aliphatic carbocycles. The molecule has 0 saturated carbocycles. The van der Waals surface area contributed by atoms with Gasteiger partial charge in [-0.2, -0.15) is 0 Å². The maximum atomic E-state index is 11.8. The number of benzene rings is 3. The van der Waals surface area contributed by atoms with Crippen molar-refractivity contribution in [2.24, 2.45) is 0 Å². The van der Waals surface area contributed by atoms with E-state index in [2.05, 4.69) is 60.2 Å². The summed E-state index contributed by atoms with van der Waals surface area (Å²) in [5.74, 6) is -0.784. The summed E-state index contributed by atoms with van der Waals surface area (Å²) in [6, 6.07) is 25.0. The van der Waals surface area contributed by atoms with Crippen LogP contribution in [0.3, 0.4) is 0 Å². The zero-order valence-electron chi connectivity index (χ0n) is 21.6. The molecule has 190 valence electrons. The Balaban J connectivity index is 0.000000253. The van der Waals surface area contributed by atoms with E-state index in [-0.39, 0.29) is 5.41 Å². The topological polar surface area (TPSA) is 72.9 Å². The average Bonchev–Trinajstić information content (AvgIpc) is 2.90. The molecule has 6 nitrogen and oxygen atoms in total. The number of carbonyl (C=O) groups is 2. The zero-order valence-corrected chi connectivity index (χ0v) is 21.6. The standard InChI is InChI=1S/C19H23N3O2.C11H14O/c1-20-16-7-9-17(10-8-16)21-11-13-22(14-12-21)18(19(23)24)15-5-3-2-4-6-15;1-11(2,3)10-6-4-9(8-12)5-7-10/h2-10,18,20H,11-14H2,1H3,(H,23,24);4-8H,1-3H3. The first-order valence-electron chi connectivity index (χ1n) is 12.3. The number of nitrogens with one attached hydrogen (secondary N) is 1. The van der Waals surface area contributed by atoms with E-state index in [0.29, 0.717) is 0 Å². The smallest absolute Gasteiger partial charge is 0.325 e. The molecule has 1 fully saturated rings. The predicted molar refractivity (Wildman–Crippen MR) is 147 cm³/mol. The summed E-state index contributed by atoms with van der Waals surface area (Å²) < 4.78 is 0. The van der Waals surface area contributed by atoms with Crippen molar-refractivity contribution in [1.29, 1.82) is 0 Å². The molecule has 1 aliphatic heterocycles. The molecule has 6 heteroatoms. The Morgan fingerprint density at radius 1 is 0.889 bits per heavy atom. The maximum absolute atomic E-state index is 11.8. The first kappa shape index (κ1) is 27.0. The number of carbonyl (C=O) groups excluding carboxylic acids is 1. The van der Waals surface area contributed by atoms with Crippen molar-refractivity contribution in [3.05, 3.63) is 95.6 Å². The number of aliphatic carboxylic acids is 1. The molecule has 1 aliphatic rings. The van der Waals surface area contributed by atoms with Crippen molar-refractivity contribution in [2.45, 2.75) is 32.2 Å². The van der Waals surface area contributed by atoms with Crippen molar-refractivity contribution in [2.75, 3.05) is 43.4 Å². The van der Waals surface area contributed by atoms with Crippen LogP contribution >= 0.6 is 0 Å². The second kappa shape index (κ2) is 12.4. The third kappa shape index (κ3) is 7.18. The molecule has 4 rings (SSSR count). The van der Waals surface area contributed by atoms with E-state index < -0.39 is 12.0 Å². The quantitative estimate of drug-likeness (QED) is 0.449. The Morgan fingerprint density at radius 2 is 1.47 bits per heavy atom. The summed E-state index contributed by atoms with van der Waals surface area (Å²) in [7, 11) is 1.91. The number of hydrogen-bond acceptors (Lipinski definition) is 5. The number of piperazine rings is 1. The van der Waals surface area contributed by atoms with Gasteiger partial charge in [-0.25, -0.2) is 0 Å². The van der Waals surface area contributed by atoms with E-state index in [1.807, 2.05) is 61.6 Å². The average molecular weight is 488 g/mol. The molecule has 36 heavy (non-hydrogen) atoms. The molecule has 1 heterocycles. The molecule has 1 unspecified atom stereocenters. The molecule has 3 aromatic rings. The molecule has 0 radical (unpaired) electrons. The first-order chi connectivity index (χ1) is 17.2. The summed E-state index contributed by atoms with van der Waals surface area (Å²) in [5, 5.41) is 12.8. The van der Waals surface area contributed by atoms with Gasteiger partial charge in [0.05, 0.1) is 0 Å². The molecule has 0 spiro atoms. The fraction of sp³-hybridized carbons (Fsp3) is 0.333. The lowest BCUT2D eigenvalue weighted by atomic mass is 9.87. The highest BCUT2D eigenvalue weighted by molar-refractivity contribution is 5.75. The van der Waals surface area contributed by atoms with E-state index >= 15 is 0 Å². The van der Waals surface area contributed by atoms with Crippen LogP contribution in [0.15, 0.2) is 78.9 Å². The van der Waals surface area contributed by atoms with Crippen molar-refractivity contribution in [1.82, 2.24) is 4.90 Å². The van der Waals surface area contributed by atoms with E-state index in [1.54, 1.807) is 0 Å². The number of carboxylic acid groups (broad SMARTS) is 1. The van der Waals surface area contributed by atoms with Gasteiger partial charge in [0, 0.05) is 50.2 Å². The van der Waals surface area contributed by atoms with Crippen molar-refractivity contribution in [3.63, 3.8) is 0 Å². The van der Waals surface area contributed by atoms with E-state index in [9.17, 15) is 14.7 Å². The predicted octanol–water partition coefficient (Wildman–Crippen LogP) is 5.47. The number of nitrogens with zero attached hydrogens (tertiary/aromatic N) is 2. The van der Waals surface area contributed by atoms with Crippen LogP contribution in [0.5, 0.6) is 0 Å². The van der Waals surface area contributed by atoms with Crippen LogP contribution in [-0.4, -0.2) is 55.5 Å². The fourth-order valence-corrected chi connectivity index (χ4v) is 4.28. The van der Waals surface area contributed by atoms with Gasteiger partial charge in [-0.1, -0.05) is 75.4 Å². The van der Waals surface area contributed by atoms with Gasteiger partial charge >= 0.3 is 5.97 Å². The highest BCUT2D eigenvalue weighted by Crippen LogP contribution is 2.25. The highest BCUT2D eigenvalue weighted by atomic mass is 16.4. The van der Waals surface area contributed by atoms with Crippen LogP contribution in [0.4, 0.5) is 11.4 Å². The number of aldehydes is 1. The number of anilines is 2. The number of hydrogen-bond donors (Lipinski definition) is 2. The molecule has 2 N–H and O–H groups in total. The Morgan fingerprint density at radius 3 is 1.94 bits per heavy atom. The zero-order chi connectivity index (χ0) is 26.1. The Hall–Kier alpha value is -3.64.